The fraction of sp³-hybridized carbons (Fsp3) is 0.0588. The number of methoxy groups -OCH3 is 1. The van der Waals surface area contributed by atoms with Crippen molar-refractivity contribution in [2.45, 2.75) is 0 Å². The van der Waals surface area contributed by atoms with Gasteiger partial charge in [0, 0.05) is 5.56 Å². The summed E-state index contributed by atoms with van der Waals surface area (Å²) < 4.78 is 4.63. The Balaban J connectivity index is 2.08. The van der Waals surface area contributed by atoms with Crippen molar-refractivity contribution in [2.75, 3.05) is 12.4 Å². The molecule has 0 spiro atoms. The van der Waals surface area contributed by atoms with Crippen molar-refractivity contribution in [3.8, 4) is 21.7 Å². The first kappa shape index (κ1) is 14.3. The van der Waals surface area contributed by atoms with Gasteiger partial charge in [-0.2, -0.15) is 0 Å². The van der Waals surface area contributed by atoms with E-state index in [0.717, 1.165) is 21.7 Å². The van der Waals surface area contributed by atoms with Gasteiger partial charge in [0.15, 0.2) is 5.13 Å². The van der Waals surface area contributed by atoms with Gasteiger partial charge in [-0.15, -0.1) is 0 Å². The maximum absolute atomic E-state index is 11.4. The van der Waals surface area contributed by atoms with Gasteiger partial charge in [0.2, 0.25) is 0 Å². The molecule has 3 rings (SSSR count). The summed E-state index contributed by atoms with van der Waals surface area (Å²) in [4.78, 5) is 17.0. The van der Waals surface area contributed by atoms with Gasteiger partial charge in [0.05, 0.1) is 17.7 Å². The fourth-order valence-corrected chi connectivity index (χ4v) is 3.07. The number of benzene rings is 2. The average molecular weight is 310 g/mol. The molecule has 0 bridgehead atoms. The van der Waals surface area contributed by atoms with Gasteiger partial charge >= 0.3 is 6.09 Å². The van der Waals surface area contributed by atoms with Gasteiger partial charge in [-0.3, -0.25) is 5.32 Å². The molecule has 1 aromatic heterocycles. The van der Waals surface area contributed by atoms with Crippen LogP contribution in [-0.4, -0.2) is 18.2 Å². The number of hydrogen-bond donors (Lipinski definition) is 1. The van der Waals surface area contributed by atoms with Crippen LogP contribution in [0.3, 0.4) is 0 Å². The first-order chi connectivity index (χ1) is 10.8. The van der Waals surface area contributed by atoms with Crippen molar-refractivity contribution in [1.82, 2.24) is 4.98 Å². The van der Waals surface area contributed by atoms with Crippen LogP contribution in [0, 0.1) is 0 Å². The predicted octanol–water partition coefficient (Wildman–Crippen LogP) is 4.66. The smallest absolute Gasteiger partial charge is 0.413 e. The third-order valence-corrected chi connectivity index (χ3v) is 4.12. The highest BCUT2D eigenvalue weighted by molar-refractivity contribution is 7.19. The molecular weight excluding hydrogens is 296 g/mol. The summed E-state index contributed by atoms with van der Waals surface area (Å²) in [6.07, 6.45) is -0.520. The Labute approximate surface area is 132 Å². The Kier molecular flexibility index (Phi) is 4.16. The maximum Gasteiger partial charge on any atom is 0.413 e. The average Bonchev–Trinajstić information content (AvgIpc) is 3.00. The summed E-state index contributed by atoms with van der Waals surface area (Å²) in [6.45, 7) is 0. The minimum absolute atomic E-state index is 0.518. The van der Waals surface area contributed by atoms with Crippen molar-refractivity contribution in [3.63, 3.8) is 0 Å². The normalized spacial score (nSPS) is 10.2. The van der Waals surface area contributed by atoms with Crippen LogP contribution in [0.25, 0.3) is 21.7 Å². The zero-order valence-electron chi connectivity index (χ0n) is 11.9. The van der Waals surface area contributed by atoms with Crippen molar-refractivity contribution in [1.29, 1.82) is 0 Å². The number of rotatable bonds is 3. The van der Waals surface area contributed by atoms with E-state index in [1.807, 2.05) is 60.7 Å². The first-order valence-corrected chi connectivity index (χ1v) is 7.56. The van der Waals surface area contributed by atoms with E-state index in [9.17, 15) is 4.79 Å². The molecule has 1 amide bonds. The molecule has 3 aromatic rings. The zero-order valence-corrected chi connectivity index (χ0v) is 12.8. The molecule has 1 N–H and O–H groups in total. The maximum atomic E-state index is 11.4. The van der Waals surface area contributed by atoms with E-state index >= 15 is 0 Å². The molecule has 1 heterocycles. The standard InChI is InChI=1S/C17H14N2O2S/c1-21-17(20)19-16-18-14(12-8-4-2-5-9-12)15(22-16)13-10-6-3-7-11-13/h2-11H,1H3,(H,18,19,20). The number of carbonyl (C=O) groups excluding carboxylic acids is 1. The van der Waals surface area contributed by atoms with E-state index in [0.29, 0.717) is 5.13 Å². The molecule has 2 aromatic carbocycles. The molecule has 110 valence electrons. The fourth-order valence-electron chi connectivity index (χ4n) is 2.09. The quantitative estimate of drug-likeness (QED) is 0.765. The second-order valence-corrected chi connectivity index (χ2v) is 5.54. The Morgan fingerprint density at radius 1 is 1.00 bits per heavy atom. The minimum Gasteiger partial charge on any atom is -0.453 e. The van der Waals surface area contributed by atoms with Crippen LogP contribution in [0.15, 0.2) is 60.7 Å². The molecule has 0 unspecified atom stereocenters. The van der Waals surface area contributed by atoms with Crippen LogP contribution < -0.4 is 5.32 Å². The van der Waals surface area contributed by atoms with Crippen LogP contribution in [0.4, 0.5) is 9.93 Å². The molecule has 0 saturated carbocycles. The monoisotopic (exact) mass is 310 g/mol. The molecule has 22 heavy (non-hydrogen) atoms. The van der Waals surface area contributed by atoms with E-state index < -0.39 is 6.09 Å². The zero-order chi connectivity index (χ0) is 15.4. The second kappa shape index (κ2) is 6.41. The van der Waals surface area contributed by atoms with E-state index in [1.165, 1.54) is 18.4 Å². The van der Waals surface area contributed by atoms with E-state index in [-0.39, 0.29) is 0 Å². The highest BCUT2D eigenvalue weighted by Gasteiger charge is 2.16. The third kappa shape index (κ3) is 2.99. The van der Waals surface area contributed by atoms with Crippen LogP contribution in [0.5, 0.6) is 0 Å². The van der Waals surface area contributed by atoms with Crippen molar-refractivity contribution in [3.05, 3.63) is 60.7 Å². The van der Waals surface area contributed by atoms with Crippen molar-refractivity contribution >= 4 is 22.6 Å². The van der Waals surface area contributed by atoms with E-state index in [2.05, 4.69) is 15.0 Å². The lowest BCUT2D eigenvalue weighted by Gasteiger charge is -2.02. The number of nitrogens with zero attached hydrogens (tertiary/aromatic N) is 1. The summed E-state index contributed by atoms with van der Waals surface area (Å²) in [5.74, 6) is 0. The molecule has 5 heteroatoms. The van der Waals surface area contributed by atoms with Gasteiger partial charge in [0.25, 0.3) is 0 Å². The molecule has 0 fully saturated rings. The third-order valence-electron chi connectivity index (χ3n) is 3.10. The van der Waals surface area contributed by atoms with Crippen molar-refractivity contribution in [2.24, 2.45) is 0 Å². The molecule has 0 aliphatic carbocycles. The molecular formula is C17H14N2O2S. The Bertz CT molecular complexity index is 713. The summed E-state index contributed by atoms with van der Waals surface area (Å²) in [5.41, 5.74) is 2.93. The SMILES string of the molecule is COC(=O)Nc1nc(-c2ccccc2)c(-c2ccccc2)s1. The second-order valence-electron chi connectivity index (χ2n) is 4.55. The Hall–Kier alpha value is -2.66. The summed E-state index contributed by atoms with van der Waals surface area (Å²) in [5, 5.41) is 3.16. The van der Waals surface area contributed by atoms with Crippen LogP contribution >= 0.6 is 11.3 Å². The molecule has 0 atom stereocenters. The van der Waals surface area contributed by atoms with Crippen LogP contribution in [0.1, 0.15) is 0 Å². The summed E-state index contributed by atoms with van der Waals surface area (Å²) in [7, 11) is 1.33. The predicted molar refractivity (Wildman–Crippen MR) is 89.0 cm³/mol. The topological polar surface area (TPSA) is 51.2 Å². The van der Waals surface area contributed by atoms with Crippen LogP contribution in [-0.2, 0) is 4.74 Å². The van der Waals surface area contributed by atoms with Crippen LogP contribution in [0.2, 0.25) is 0 Å². The Morgan fingerprint density at radius 3 is 2.18 bits per heavy atom. The van der Waals surface area contributed by atoms with E-state index in [4.69, 9.17) is 0 Å². The number of amides is 1. The minimum atomic E-state index is -0.520. The molecule has 0 saturated heterocycles. The lowest BCUT2D eigenvalue weighted by atomic mass is 10.1. The summed E-state index contributed by atoms with van der Waals surface area (Å²) >= 11 is 1.43. The number of anilines is 1. The van der Waals surface area contributed by atoms with Gasteiger partial charge in [-0.1, -0.05) is 72.0 Å². The van der Waals surface area contributed by atoms with Gasteiger partial charge in [-0.25, -0.2) is 9.78 Å². The summed E-state index contributed by atoms with van der Waals surface area (Å²) in [6, 6.07) is 19.9. The number of carbonyl (C=O) groups is 1. The van der Waals surface area contributed by atoms with Gasteiger partial charge in [0.1, 0.15) is 0 Å². The number of aromatic nitrogens is 1. The van der Waals surface area contributed by atoms with Crippen molar-refractivity contribution < 1.29 is 9.53 Å². The first-order valence-electron chi connectivity index (χ1n) is 6.74. The lowest BCUT2D eigenvalue weighted by Crippen LogP contribution is -2.10. The molecule has 0 aliphatic rings. The number of nitrogens with one attached hydrogen (secondary N) is 1. The highest BCUT2D eigenvalue weighted by Crippen LogP contribution is 2.38. The number of ether oxygens (including phenoxy) is 1. The number of hydrogen-bond acceptors (Lipinski definition) is 4. The molecule has 0 aliphatic heterocycles. The molecule has 0 radical (unpaired) electrons. The van der Waals surface area contributed by atoms with Gasteiger partial charge in [-0.05, 0) is 5.56 Å². The number of thiazole rings is 1. The van der Waals surface area contributed by atoms with Gasteiger partial charge < -0.3 is 4.74 Å². The Morgan fingerprint density at radius 2 is 1.59 bits per heavy atom. The largest absolute Gasteiger partial charge is 0.453 e. The lowest BCUT2D eigenvalue weighted by molar-refractivity contribution is 0.187. The highest BCUT2D eigenvalue weighted by atomic mass is 32.1. The molecule has 4 nitrogen and oxygen atoms in total. The van der Waals surface area contributed by atoms with E-state index in [1.54, 1.807) is 0 Å².